The summed E-state index contributed by atoms with van der Waals surface area (Å²) in [5.74, 6) is -0.782. The smallest absolute Gasteiger partial charge is 0.311 e. The van der Waals surface area contributed by atoms with Gasteiger partial charge in [0.15, 0.2) is 0 Å². The molecule has 0 spiro atoms. The first kappa shape index (κ1) is 18.2. The third kappa shape index (κ3) is 3.49. The number of hydrogen-bond acceptors (Lipinski definition) is 3. The van der Waals surface area contributed by atoms with E-state index in [9.17, 15) is 14.7 Å². The zero-order valence-corrected chi connectivity index (χ0v) is 15.3. The molecule has 2 heterocycles. The monoisotopic (exact) mass is 355 g/mol. The van der Waals surface area contributed by atoms with E-state index >= 15 is 0 Å². The summed E-state index contributed by atoms with van der Waals surface area (Å²) in [4.78, 5) is 25.9. The molecule has 1 aromatic carbocycles. The molecular formula is C20H25N3O3. The number of aromatic nitrogens is 2. The molecule has 2 aromatic rings. The number of para-hydroxylation sites is 1. The Morgan fingerprint density at radius 3 is 2.62 bits per heavy atom. The zero-order valence-electron chi connectivity index (χ0n) is 15.3. The second-order valence-electron chi connectivity index (χ2n) is 7.31. The van der Waals surface area contributed by atoms with E-state index in [1.807, 2.05) is 50.4 Å². The topological polar surface area (TPSA) is 75.4 Å². The molecule has 1 aliphatic rings. The molecule has 6 heteroatoms. The van der Waals surface area contributed by atoms with Gasteiger partial charge in [-0.05, 0) is 36.5 Å². The molecule has 1 fully saturated rings. The molecule has 138 valence electrons. The lowest BCUT2D eigenvalue weighted by atomic mass is 9.76. The van der Waals surface area contributed by atoms with Gasteiger partial charge in [0.2, 0.25) is 5.91 Å². The normalized spacial score (nSPS) is 19.9. The van der Waals surface area contributed by atoms with Gasteiger partial charge in [0.25, 0.3) is 0 Å². The zero-order chi connectivity index (χ0) is 18.7. The molecule has 3 rings (SSSR count). The molecule has 0 bridgehead atoms. The van der Waals surface area contributed by atoms with Gasteiger partial charge in [-0.2, -0.15) is 5.10 Å². The van der Waals surface area contributed by atoms with Crippen molar-refractivity contribution in [1.82, 2.24) is 14.7 Å². The molecule has 0 saturated carbocycles. The first-order valence-electron chi connectivity index (χ1n) is 9.02. The standard InChI is InChI=1S/C20H25N3O3/c1-15(2)20(19(25)26)10-11-22(14-20)18(24)9-8-16-12-21-23(13-16)17-6-4-3-5-7-17/h3-7,12-13,15H,8-11,14H2,1-2H3,(H,25,26). The van der Waals surface area contributed by atoms with Crippen molar-refractivity contribution >= 4 is 11.9 Å². The van der Waals surface area contributed by atoms with Crippen LogP contribution < -0.4 is 0 Å². The second kappa shape index (κ2) is 7.32. The summed E-state index contributed by atoms with van der Waals surface area (Å²) >= 11 is 0. The van der Waals surface area contributed by atoms with E-state index in [4.69, 9.17) is 0 Å². The molecule has 6 nitrogen and oxygen atoms in total. The minimum Gasteiger partial charge on any atom is -0.481 e. The number of carbonyl (C=O) groups excluding carboxylic acids is 1. The minimum atomic E-state index is -0.812. The molecule has 1 N–H and O–H groups in total. The van der Waals surface area contributed by atoms with Gasteiger partial charge in [-0.15, -0.1) is 0 Å². The number of aryl methyl sites for hydroxylation is 1. The molecule has 26 heavy (non-hydrogen) atoms. The second-order valence-corrected chi connectivity index (χ2v) is 7.31. The van der Waals surface area contributed by atoms with Crippen LogP contribution in [-0.2, 0) is 16.0 Å². The number of benzene rings is 1. The van der Waals surface area contributed by atoms with Crippen molar-refractivity contribution in [2.24, 2.45) is 11.3 Å². The van der Waals surface area contributed by atoms with Crippen molar-refractivity contribution in [3.05, 3.63) is 48.3 Å². The van der Waals surface area contributed by atoms with Crippen LogP contribution in [0.5, 0.6) is 0 Å². The highest BCUT2D eigenvalue weighted by molar-refractivity contribution is 5.81. The Hall–Kier alpha value is -2.63. The van der Waals surface area contributed by atoms with Crippen LogP contribution in [0.3, 0.4) is 0 Å². The lowest BCUT2D eigenvalue weighted by Crippen LogP contribution is -2.40. The number of nitrogens with zero attached hydrogens (tertiary/aromatic N) is 3. The van der Waals surface area contributed by atoms with Crippen molar-refractivity contribution in [2.75, 3.05) is 13.1 Å². The molecule has 1 unspecified atom stereocenters. The molecule has 1 amide bonds. The minimum absolute atomic E-state index is 0.00176. The van der Waals surface area contributed by atoms with Crippen LogP contribution in [0.25, 0.3) is 5.69 Å². The average Bonchev–Trinajstić information content (AvgIpc) is 3.28. The quantitative estimate of drug-likeness (QED) is 0.864. The highest BCUT2D eigenvalue weighted by Gasteiger charge is 2.48. The third-order valence-corrected chi connectivity index (χ3v) is 5.47. The van der Waals surface area contributed by atoms with Gasteiger partial charge in [-0.25, -0.2) is 4.68 Å². The Bertz CT molecular complexity index is 785. The molecule has 0 aliphatic carbocycles. The van der Waals surface area contributed by atoms with Gasteiger partial charge in [0.1, 0.15) is 0 Å². The van der Waals surface area contributed by atoms with Crippen LogP contribution in [0, 0.1) is 11.3 Å². The summed E-state index contributed by atoms with van der Waals surface area (Å²) in [7, 11) is 0. The van der Waals surface area contributed by atoms with Gasteiger partial charge in [0.05, 0.1) is 17.3 Å². The number of carbonyl (C=O) groups is 2. The van der Waals surface area contributed by atoms with Crippen molar-refractivity contribution in [3.8, 4) is 5.69 Å². The number of carboxylic acid groups (broad SMARTS) is 1. The molecular weight excluding hydrogens is 330 g/mol. The Balaban J connectivity index is 1.58. The Labute approximate surface area is 153 Å². The van der Waals surface area contributed by atoms with Crippen molar-refractivity contribution < 1.29 is 14.7 Å². The maximum atomic E-state index is 12.5. The van der Waals surface area contributed by atoms with E-state index in [1.54, 1.807) is 15.8 Å². The first-order valence-corrected chi connectivity index (χ1v) is 9.02. The van der Waals surface area contributed by atoms with E-state index in [0.717, 1.165) is 11.3 Å². The van der Waals surface area contributed by atoms with Crippen LogP contribution >= 0.6 is 0 Å². The fraction of sp³-hybridized carbons (Fsp3) is 0.450. The maximum Gasteiger partial charge on any atom is 0.311 e. The maximum absolute atomic E-state index is 12.5. The van der Waals surface area contributed by atoms with Crippen molar-refractivity contribution in [2.45, 2.75) is 33.1 Å². The largest absolute Gasteiger partial charge is 0.481 e. The predicted octanol–water partition coefficient (Wildman–Crippen LogP) is 2.76. The fourth-order valence-corrected chi connectivity index (χ4v) is 3.56. The highest BCUT2D eigenvalue weighted by Crippen LogP contribution is 2.38. The third-order valence-electron chi connectivity index (χ3n) is 5.47. The van der Waals surface area contributed by atoms with Crippen molar-refractivity contribution in [3.63, 3.8) is 0 Å². The van der Waals surface area contributed by atoms with Crippen LogP contribution in [0.2, 0.25) is 0 Å². The summed E-state index contributed by atoms with van der Waals surface area (Å²) in [6.45, 7) is 4.66. The highest BCUT2D eigenvalue weighted by atomic mass is 16.4. The number of aliphatic carboxylic acids is 1. The first-order chi connectivity index (χ1) is 12.4. The number of hydrogen-bond donors (Lipinski definition) is 1. The number of carboxylic acids is 1. The number of likely N-dealkylation sites (tertiary alicyclic amines) is 1. The summed E-state index contributed by atoms with van der Waals surface area (Å²) in [6.07, 6.45) is 5.21. The van der Waals surface area contributed by atoms with E-state index in [2.05, 4.69) is 5.10 Å². The van der Waals surface area contributed by atoms with Gasteiger partial charge < -0.3 is 10.0 Å². The number of amides is 1. The Morgan fingerprint density at radius 2 is 2.00 bits per heavy atom. The lowest BCUT2D eigenvalue weighted by Gasteiger charge is -2.28. The summed E-state index contributed by atoms with van der Waals surface area (Å²) in [6, 6.07) is 9.82. The molecule has 1 saturated heterocycles. The summed E-state index contributed by atoms with van der Waals surface area (Å²) in [5.41, 5.74) is 1.16. The predicted molar refractivity (Wildman–Crippen MR) is 98.0 cm³/mol. The van der Waals surface area contributed by atoms with Crippen LogP contribution in [0.1, 0.15) is 32.3 Å². The summed E-state index contributed by atoms with van der Waals surface area (Å²) < 4.78 is 1.80. The van der Waals surface area contributed by atoms with E-state index in [0.29, 0.717) is 32.4 Å². The SMILES string of the molecule is CC(C)C1(C(=O)O)CCN(C(=O)CCc2cnn(-c3ccccc3)c2)C1. The van der Waals surface area contributed by atoms with Crippen molar-refractivity contribution in [1.29, 1.82) is 0 Å². The van der Waals surface area contributed by atoms with E-state index < -0.39 is 11.4 Å². The van der Waals surface area contributed by atoms with E-state index in [-0.39, 0.29) is 11.8 Å². The van der Waals surface area contributed by atoms with Crippen LogP contribution in [0.4, 0.5) is 0 Å². The lowest BCUT2D eigenvalue weighted by molar-refractivity contribution is -0.151. The van der Waals surface area contributed by atoms with Crippen LogP contribution in [-0.4, -0.2) is 44.8 Å². The molecule has 1 atom stereocenters. The van der Waals surface area contributed by atoms with Gasteiger partial charge in [-0.1, -0.05) is 32.0 Å². The fourth-order valence-electron chi connectivity index (χ4n) is 3.56. The Kier molecular flexibility index (Phi) is 5.11. The average molecular weight is 355 g/mol. The molecule has 1 aliphatic heterocycles. The number of rotatable bonds is 6. The molecule has 1 aromatic heterocycles. The van der Waals surface area contributed by atoms with Gasteiger partial charge >= 0.3 is 5.97 Å². The van der Waals surface area contributed by atoms with Crippen LogP contribution in [0.15, 0.2) is 42.7 Å². The van der Waals surface area contributed by atoms with E-state index in [1.165, 1.54) is 0 Å². The molecule has 0 radical (unpaired) electrons. The summed E-state index contributed by atoms with van der Waals surface area (Å²) in [5, 5.41) is 13.9. The van der Waals surface area contributed by atoms with Gasteiger partial charge in [-0.3, -0.25) is 9.59 Å². The Morgan fingerprint density at radius 1 is 1.27 bits per heavy atom. The van der Waals surface area contributed by atoms with Gasteiger partial charge in [0, 0.05) is 25.7 Å².